The Balaban J connectivity index is 2.28. The molecule has 0 saturated carbocycles. The standard InChI is InChI=1S/C13H12ClN5/c1-2-16-13-17-6-5-12(19-13)18-11-7-10(14)4-3-9(11)8-15/h3-7H,2H2,1H3,(H2,16,17,18,19). The Morgan fingerprint density at radius 2 is 2.21 bits per heavy atom. The third-order valence-electron chi connectivity index (χ3n) is 2.36. The molecule has 6 heteroatoms. The molecule has 0 radical (unpaired) electrons. The van der Waals surface area contributed by atoms with Crippen LogP contribution in [0.5, 0.6) is 0 Å². The number of nitrogens with zero attached hydrogens (tertiary/aromatic N) is 3. The van der Waals surface area contributed by atoms with Crippen molar-refractivity contribution in [2.75, 3.05) is 17.2 Å². The van der Waals surface area contributed by atoms with Gasteiger partial charge in [0.15, 0.2) is 0 Å². The molecule has 0 amide bonds. The fourth-order valence-electron chi connectivity index (χ4n) is 1.53. The van der Waals surface area contributed by atoms with Crippen LogP contribution in [0.4, 0.5) is 17.5 Å². The molecule has 0 unspecified atom stereocenters. The highest BCUT2D eigenvalue weighted by molar-refractivity contribution is 6.30. The lowest BCUT2D eigenvalue weighted by Crippen LogP contribution is -2.04. The Morgan fingerprint density at radius 3 is 2.95 bits per heavy atom. The summed E-state index contributed by atoms with van der Waals surface area (Å²) in [4.78, 5) is 8.35. The lowest BCUT2D eigenvalue weighted by Gasteiger charge is -2.09. The Hall–Kier alpha value is -2.32. The number of anilines is 3. The van der Waals surface area contributed by atoms with E-state index in [1.54, 1.807) is 30.5 Å². The van der Waals surface area contributed by atoms with E-state index in [2.05, 4.69) is 26.7 Å². The van der Waals surface area contributed by atoms with Crippen molar-refractivity contribution >= 4 is 29.1 Å². The summed E-state index contributed by atoms with van der Waals surface area (Å²) in [6.07, 6.45) is 1.64. The van der Waals surface area contributed by atoms with Crippen molar-refractivity contribution in [3.05, 3.63) is 41.0 Å². The normalized spacial score (nSPS) is 9.74. The zero-order valence-corrected chi connectivity index (χ0v) is 11.1. The van der Waals surface area contributed by atoms with E-state index < -0.39 is 0 Å². The van der Waals surface area contributed by atoms with Crippen LogP contribution in [-0.2, 0) is 0 Å². The second-order valence-electron chi connectivity index (χ2n) is 3.72. The molecule has 0 aliphatic heterocycles. The van der Waals surface area contributed by atoms with Crippen LogP contribution in [-0.4, -0.2) is 16.5 Å². The third-order valence-corrected chi connectivity index (χ3v) is 2.59. The maximum atomic E-state index is 9.05. The largest absolute Gasteiger partial charge is 0.354 e. The van der Waals surface area contributed by atoms with Gasteiger partial charge in [0.1, 0.15) is 11.9 Å². The number of aromatic nitrogens is 2. The van der Waals surface area contributed by atoms with Crippen LogP contribution in [0.15, 0.2) is 30.5 Å². The summed E-state index contributed by atoms with van der Waals surface area (Å²) in [6.45, 7) is 2.71. The van der Waals surface area contributed by atoms with E-state index in [1.807, 2.05) is 6.92 Å². The maximum absolute atomic E-state index is 9.05. The predicted octanol–water partition coefficient (Wildman–Crippen LogP) is 3.18. The molecule has 2 aromatic rings. The van der Waals surface area contributed by atoms with E-state index in [4.69, 9.17) is 16.9 Å². The van der Waals surface area contributed by atoms with Crippen molar-refractivity contribution in [1.82, 2.24) is 9.97 Å². The van der Waals surface area contributed by atoms with Crippen molar-refractivity contribution in [3.8, 4) is 6.07 Å². The summed E-state index contributed by atoms with van der Waals surface area (Å²) in [7, 11) is 0. The van der Waals surface area contributed by atoms with Gasteiger partial charge >= 0.3 is 0 Å². The molecule has 96 valence electrons. The third kappa shape index (κ3) is 3.33. The van der Waals surface area contributed by atoms with E-state index in [0.717, 1.165) is 6.54 Å². The average Bonchev–Trinajstić information content (AvgIpc) is 2.40. The molecular weight excluding hydrogens is 262 g/mol. The van der Waals surface area contributed by atoms with Crippen LogP contribution in [0, 0.1) is 11.3 Å². The monoisotopic (exact) mass is 273 g/mol. The first-order chi connectivity index (χ1) is 9.22. The van der Waals surface area contributed by atoms with Crippen LogP contribution in [0.1, 0.15) is 12.5 Å². The van der Waals surface area contributed by atoms with E-state index in [1.165, 1.54) is 0 Å². The highest BCUT2D eigenvalue weighted by Gasteiger charge is 2.05. The molecule has 2 rings (SSSR count). The van der Waals surface area contributed by atoms with E-state index in [9.17, 15) is 0 Å². The summed E-state index contributed by atoms with van der Waals surface area (Å²) in [5.41, 5.74) is 1.13. The van der Waals surface area contributed by atoms with Crippen molar-refractivity contribution in [3.63, 3.8) is 0 Å². The first-order valence-corrected chi connectivity index (χ1v) is 6.14. The molecule has 1 heterocycles. The molecule has 0 aliphatic rings. The molecule has 0 bridgehead atoms. The number of nitrogens with one attached hydrogen (secondary N) is 2. The van der Waals surface area contributed by atoms with Crippen LogP contribution < -0.4 is 10.6 Å². The maximum Gasteiger partial charge on any atom is 0.224 e. The zero-order valence-electron chi connectivity index (χ0n) is 10.3. The molecule has 5 nitrogen and oxygen atoms in total. The lowest BCUT2D eigenvalue weighted by molar-refractivity contribution is 1.09. The van der Waals surface area contributed by atoms with Gasteiger partial charge in [0.25, 0.3) is 0 Å². The van der Waals surface area contributed by atoms with Gasteiger partial charge in [-0.15, -0.1) is 0 Å². The number of halogens is 1. The minimum Gasteiger partial charge on any atom is -0.354 e. The molecule has 0 aliphatic carbocycles. The molecule has 0 saturated heterocycles. The van der Waals surface area contributed by atoms with Crippen molar-refractivity contribution in [2.45, 2.75) is 6.92 Å². The Kier molecular flexibility index (Phi) is 4.16. The predicted molar refractivity (Wildman–Crippen MR) is 75.6 cm³/mol. The van der Waals surface area contributed by atoms with Gasteiger partial charge < -0.3 is 10.6 Å². The van der Waals surface area contributed by atoms with Crippen LogP contribution in [0.3, 0.4) is 0 Å². The van der Waals surface area contributed by atoms with Crippen LogP contribution in [0.25, 0.3) is 0 Å². The van der Waals surface area contributed by atoms with Gasteiger partial charge in [-0.05, 0) is 31.2 Å². The van der Waals surface area contributed by atoms with Gasteiger partial charge in [-0.3, -0.25) is 0 Å². The zero-order chi connectivity index (χ0) is 13.7. The second kappa shape index (κ2) is 6.03. The van der Waals surface area contributed by atoms with E-state index in [-0.39, 0.29) is 0 Å². The van der Waals surface area contributed by atoms with Crippen molar-refractivity contribution in [2.24, 2.45) is 0 Å². The molecule has 0 spiro atoms. The summed E-state index contributed by atoms with van der Waals surface area (Å²) in [5.74, 6) is 1.14. The summed E-state index contributed by atoms with van der Waals surface area (Å²) in [5, 5.41) is 15.7. The summed E-state index contributed by atoms with van der Waals surface area (Å²) < 4.78 is 0. The van der Waals surface area contributed by atoms with Crippen molar-refractivity contribution < 1.29 is 0 Å². The SMILES string of the molecule is CCNc1nccc(Nc2cc(Cl)ccc2C#N)n1. The molecular formula is C13H12ClN5. The topological polar surface area (TPSA) is 73.6 Å². The minimum absolute atomic E-state index is 0.507. The van der Waals surface area contributed by atoms with Gasteiger partial charge in [-0.1, -0.05) is 11.6 Å². The molecule has 0 fully saturated rings. The van der Waals surface area contributed by atoms with Gasteiger partial charge in [0.05, 0.1) is 11.3 Å². The van der Waals surface area contributed by atoms with Gasteiger partial charge in [-0.2, -0.15) is 10.2 Å². The Labute approximate surface area is 116 Å². The molecule has 2 N–H and O–H groups in total. The number of hydrogen-bond acceptors (Lipinski definition) is 5. The molecule has 0 atom stereocenters. The van der Waals surface area contributed by atoms with Crippen LogP contribution >= 0.6 is 11.6 Å². The number of hydrogen-bond donors (Lipinski definition) is 2. The Bertz CT molecular complexity index is 621. The molecule has 19 heavy (non-hydrogen) atoms. The first-order valence-electron chi connectivity index (χ1n) is 5.76. The molecule has 1 aromatic carbocycles. The quantitative estimate of drug-likeness (QED) is 0.895. The van der Waals surface area contributed by atoms with E-state index in [0.29, 0.717) is 28.0 Å². The second-order valence-corrected chi connectivity index (χ2v) is 4.16. The molecule has 1 aromatic heterocycles. The highest BCUT2D eigenvalue weighted by atomic mass is 35.5. The van der Waals surface area contributed by atoms with Gasteiger partial charge in [0, 0.05) is 17.8 Å². The number of nitriles is 1. The lowest BCUT2D eigenvalue weighted by atomic mass is 10.2. The van der Waals surface area contributed by atoms with Gasteiger partial charge in [0.2, 0.25) is 5.95 Å². The summed E-state index contributed by atoms with van der Waals surface area (Å²) in [6, 6.07) is 8.86. The number of rotatable bonds is 4. The highest BCUT2D eigenvalue weighted by Crippen LogP contribution is 2.23. The van der Waals surface area contributed by atoms with Crippen LogP contribution in [0.2, 0.25) is 5.02 Å². The minimum atomic E-state index is 0.507. The smallest absolute Gasteiger partial charge is 0.224 e. The Morgan fingerprint density at radius 1 is 1.37 bits per heavy atom. The van der Waals surface area contributed by atoms with E-state index >= 15 is 0 Å². The van der Waals surface area contributed by atoms with Gasteiger partial charge in [-0.25, -0.2) is 4.98 Å². The first kappa shape index (κ1) is 13.1. The fourth-order valence-corrected chi connectivity index (χ4v) is 1.70. The van der Waals surface area contributed by atoms with Crippen molar-refractivity contribution in [1.29, 1.82) is 5.26 Å². The average molecular weight is 274 g/mol. The summed E-state index contributed by atoms with van der Waals surface area (Å²) >= 11 is 5.93. The fraction of sp³-hybridized carbons (Fsp3) is 0.154. The number of benzene rings is 1.